The second-order valence-corrected chi connectivity index (χ2v) is 8.42. The standard InChI is InChI=1S/C23H33N3O2S.CH2O/c1-3-9-20(10-4-2)19-25-14-16-26(17-15-25)29-22-12-6-5-11-21(22)24-28-23-13-7-8-18-27-23;1-2/h3-6,9-12,23-24H,1,7-8,13-19H2,2H3;1H2/b10-4-,20-9+;. The molecule has 0 amide bonds. The number of para-hydroxylation sites is 1. The van der Waals surface area contributed by atoms with E-state index in [4.69, 9.17) is 14.4 Å². The maximum absolute atomic E-state index is 8.00. The summed E-state index contributed by atoms with van der Waals surface area (Å²) < 4.78 is 8.08. The van der Waals surface area contributed by atoms with E-state index in [0.717, 1.165) is 64.3 Å². The zero-order valence-electron chi connectivity index (χ0n) is 18.5. The minimum Gasteiger partial charge on any atom is -0.350 e. The largest absolute Gasteiger partial charge is 0.350 e. The Morgan fingerprint density at radius 1 is 1.26 bits per heavy atom. The number of anilines is 1. The van der Waals surface area contributed by atoms with Gasteiger partial charge in [0, 0.05) is 50.6 Å². The van der Waals surface area contributed by atoms with Crippen molar-refractivity contribution in [3.05, 3.63) is 60.7 Å². The van der Waals surface area contributed by atoms with E-state index in [1.54, 1.807) is 11.9 Å². The van der Waals surface area contributed by atoms with Crippen LogP contribution in [-0.4, -0.2) is 61.6 Å². The number of hydrogen-bond donors (Lipinski definition) is 1. The van der Waals surface area contributed by atoms with E-state index in [1.165, 1.54) is 10.5 Å². The van der Waals surface area contributed by atoms with Gasteiger partial charge in [0.05, 0.1) is 5.69 Å². The van der Waals surface area contributed by atoms with Gasteiger partial charge in [0.2, 0.25) is 0 Å². The fourth-order valence-electron chi connectivity index (χ4n) is 3.47. The van der Waals surface area contributed by atoms with Crippen LogP contribution in [0.3, 0.4) is 0 Å². The fourth-order valence-corrected chi connectivity index (χ4v) is 4.44. The molecule has 2 heterocycles. The molecule has 0 bridgehead atoms. The van der Waals surface area contributed by atoms with Crippen molar-refractivity contribution in [1.29, 1.82) is 0 Å². The molecule has 2 aliphatic rings. The molecule has 0 aliphatic carbocycles. The molecule has 6 nitrogen and oxygen atoms in total. The van der Waals surface area contributed by atoms with Crippen LogP contribution in [0.15, 0.2) is 65.6 Å². The van der Waals surface area contributed by atoms with Crippen LogP contribution < -0.4 is 5.48 Å². The second kappa shape index (κ2) is 15.0. The highest BCUT2D eigenvalue weighted by Gasteiger charge is 2.20. The van der Waals surface area contributed by atoms with Crippen LogP contribution in [-0.2, 0) is 14.4 Å². The predicted molar refractivity (Wildman–Crippen MR) is 129 cm³/mol. The quantitative estimate of drug-likeness (QED) is 0.336. The molecule has 3 rings (SSSR count). The van der Waals surface area contributed by atoms with Crippen molar-refractivity contribution in [1.82, 2.24) is 9.21 Å². The molecule has 0 aromatic heterocycles. The van der Waals surface area contributed by atoms with E-state index in [9.17, 15) is 0 Å². The number of hydrogen-bond acceptors (Lipinski definition) is 7. The number of rotatable bonds is 9. The van der Waals surface area contributed by atoms with Gasteiger partial charge in [-0.05, 0) is 49.4 Å². The minimum atomic E-state index is -0.152. The topological polar surface area (TPSA) is 54.0 Å². The average molecular weight is 446 g/mol. The van der Waals surface area contributed by atoms with Gasteiger partial charge in [-0.25, -0.2) is 9.14 Å². The lowest BCUT2D eigenvalue weighted by Gasteiger charge is -2.34. The first-order valence-corrected chi connectivity index (χ1v) is 11.6. The van der Waals surface area contributed by atoms with Crippen LogP contribution in [0.2, 0.25) is 0 Å². The van der Waals surface area contributed by atoms with E-state index in [0.29, 0.717) is 0 Å². The zero-order valence-corrected chi connectivity index (χ0v) is 19.3. The van der Waals surface area contributed by atoms with Gasteiger partial charge in [-0.2, -0.15) is 0 Å². The van der Waals surface area contributed by atoms with Gasteiger partial charge in [-0.15, -0.1) is 0 Å². The van der Waals surface area contributed by atoms with Crippen LogP contribution in [0.4, 0.5) is 5.69 Å². The molecule has 170 valence electrons. The van der Waals surface area contributed by atoms with Gasteiger partial charge in [0.1, 0.15) is 6.79 Å². The Kier molecular flexibility index (Phi) is 12.3. The Labute approximate surface area is 191 Å². The zero-order chi connectivity index (χ0) is 22.3. The van der Waals surface area contributed by atoms with Crippen molar-refractivity contribution >= 4 is 24.4 Å². The molecule has 31 heavy (non-hydrogen) atoms. The van der Waals surface area contributed by atoms with Crippen molar-refractivity contribution in [2.24, 2.45) is 0 Å². The van der Waals surface area contributed by atoms with Gasteiger partial charge in [-0.3, -0.25) is 10.4 Å². The van der Waals surface area contributed by atoms with Crippen LogP contribution >= 0.6 is 11.9 Å². The van der Waals surface area contributed by atoms with Gasteiger partial charge in [-0.1, -0.05) is 43.0 Å². The highest BCUT2D eigenvalue weighted by Crippen LogP contribution is 2.31. The molecule has 1 N–H and O–H groups in total. The van der Waals surface area contributed by atoms with Crippen molar-refractivity contribution < 1.29 is 14.4 Å². The molecule has 1 aromatic carbocycles. The number of carbonyl (C=O) groups excluding carboxylic acids is 1. The van der Waals surface area contributed by atoms with E-state index in [2.05, 4.69) is 64.6 Å². The third kappa shape index (κ3) is 9.01. The van der Waals surface area contributed by atoms with Gasteiger partial charge < -0.3 is 9.53 Å². The molecule has 2 fully saturated rings. The maximum atomic E-state index is 8.00. The smallest absolute Gasteiger partial charge is 0.183 e. The van der Waals surface area contributed by atoms with Crippen molar-refractivity contribution in [3.8, 4) is 0 Å². The van der Waals surface area contributed by atoms with E-state index in [-0.39, 0.29) is 6.29 Å². The number of piperazine rings is 1. The summed E-state index contributed by atoms with van der Waals surface area (Å²) in [6.45, 7) is 13.8. The SMILES string of the molecule is C=C/C=C(\C=C/C)CN1CCN(Sc2ccccc2NOC2CCCCO2)CC1.C=O. The fraction of sp³-hybridized carbons (Fsp3) is 0.458. The number of allylic oxidation sites excluding steroid dienone is 3. The Bertz CT molecular complexity index is 712. The highest BCUT2D eigenvalue weighted by atomic mass is 32.2. The molecule has 2 aliphatic heterocycles. The molecule has 0 radical (unpaired) electrons. The number of benzene rings is 1. The highest BCUT2D eigenvalue weighted by molar-refractivity contribution is 7.97. The minimum absolute atomic E-state index is 0.152. The summed E-state index contributed by atoms with van der Waals surface area (Å²) in [5.41, 5.74) is 5.43. The Morgan fingerprint density at radius 3 is 2.71 bits per heavy atom. The molecule has 1 aromatic rings. The first-order chi connectivity index (χ1) is 15.3. The predicted octanol–water partition coefficient (Wildman–Crippen LogP) is 4.69. The van der Waals surface area contributed by atoms with Crippen LogP contribution in [0, 0.1) is 0 Å². The average Bonchev–Trinajstić information content (AvgIpc) is 2.82. The first-order valence-electron chi connectivity index (χ1n) is 10.8. The van der Waals surface area contributed by atoms with Crippen LogP contribution in [0.1, 0.15) is 26.2 Å². The summed E-state index contributed by atoms with van der Waals surface area (Å²) >= 11 is 1.80. The van der Waals surface area contributed by atoms with Crippen LogP contribution in [0.25, 0.3) is 0 Å². The Morgan fingerprint density at radius 2 is 2.03 bits per heavy atom. The van der Waals surface area contributed by atoms with Gasteiger partial charge in [0.25, 0.3) is 0 Å². The van der Waals surface area contributed by atoms with E-state index in [1.807, 2.05) is 18.9 Å². The molecule has 1 unspecified atom stereocenters. The lowest BCUT2D eigenvalue weighted by molar-refractivity contribution is -0.145. The summed E-state index contributed by atoms with van der Waals surface area (Å²) in [5.74, 6) is 0. The van der Waals surface area contributed by atoms with Crippen molar-refractivity contribution in [2.45, 2.75) is 37.4 Å². The van der Waals surface area contributed by atoms with Crippen molar-refractivity contribution in [2.75, 3.05) is 44.8 Å². The maximum Gasteiger partial charge on any atom is 0.183 e. The Balaban J connectivity index is 0.00000166. The third-order valence-electron chi connectivity index (χ3n) is 5.00. The van der Waals surface area contributed by atoms with Crippen molar-refractivity contribution in [3.63, 3.8) is 0 Å². The Hall–Kier alpha value is -1.90. The molecule has 7 heteroatoms. The third-order valence-corrected chi connectivity index (χ3v) is 6.18. The summed E-state index contributed by atoms with van der Waals surface area (Å²) in [4.78, 5) is 17.5. The monoisotopic (exact) mass is 445 g/mol. The second-order valence-electron chi connectivity index (χ2n) is 7.29. The molecule has 0 saturated carbocycles. The molecular weight excluding hydrogens is 410 g/mol. The molecule has 2 saturated heterocycles. The summed E-state index contributed by atoms with van der Waals surface area (Å²) in [7, 11) is 0. The molecule has 0 spiro atoms. The number of carbonyl (C=O) groups is 1. The number of nitrogens with one attached hydrogen (secondary N) is 1. The normalized spacial score (nSPS) is 20.8. The summed E-state index contributed by atoms with van der Waals surface area (Å²) in [6, 6.07) is 8.31. The van der Waals surface area contributed by atoms with Crippen LogP contribution in [0.5, 0.6) is 0 Å². The lowest BCUT2D eigenvalue weighted by Crippen LogP contribution is -2.43. The first kappa shape index (κ1) is 25.4. The van der Waals surface area contributed by atoms with E-state index >= 15 is 0 Å². The number of nitrogens with zero attached hydrogens (tertiary/aromatic N) is 2. The molecular formula is C24H35N3O3S. The summed E-state index contributed by atoms with van der Waals surface area (Å²) in [5, 5.41) is 0. The van der Waals surface area contributed by atoms with Gasteiger partial charge in [0.15, 0.2) is 6.29 Å². The number of ether oxygens (including phenoxy) is 1. The van der Waals surface area contributed by atoms with E-state index < -0.39 is 0 Å². The molecule has 1 atom stereocenters. The van der Waals surface area contributed by atoms with Gasteiger partial charge >= 0.3 is 0 Å². The lowest BCUT2D eigenvalue weighted by atomic mass is 10.2. The summed E-state index contributed by atoms with van der Waals surface area (Å²) in [6.07, 6.45) is 11.3.